The lowest BCUT2D eigenvalue weighted by molar-refractivity contribution is -0.136. The van der Waals surface area contributed by atoms with Crippen molar-refractivity contribution in [1.82, 2.24) is 5.43 Å². The molecule has 1 aromatic carbocycles. The molecular weight excluding hydrogens is 422 g/mol. The van der Waals surface area contributed by atoms with Gasteiger partial charge in [0.25, 0.3) is 0 Å². The zero-order valence-corrected chi connectivity index (χ0v) is 17.7. The SMILES string of the molecule is CCOC(=O)c1c(NC(=O)C(=O)NN=Cc2ccc3c(c2)OCO3)sc2c1CCCC2. The van der Waals surface area contributed by atoms with Crippen LogP contribution in [0.4, 0.5) is 5.00 Å². The Balaban J connectivity index is 1.42. The standard InChI is InChI=1S/C21H21N3O6S/c1-2-28-21(27)17-13-5-3-4-6-16(13)31-20(17)23-18(25)19(26)24-22-10-12-7-8-14-15(9-12)30-11-29-14/h7-10H,2-6,11H2,1H3,(H,23,25)(H,24,26). The van der Waals surface area contributed by atoms with Crippen LogP contribution in [0.2, 0.25) is 0 Å². The molecule has 0 unspecified atom stereocenters. The highest BCUT2D eigenvalue weighted by atomic mass is 32.1. The molecule has 10 heteroatoms. The van der Waals surface area contributed by atoms with E-state index in [1.807, 2.05) is 0 Å². The molecule has 9 nitrogen and oxygen atoms in total. The average molecular weight is 443 g/mol. The molecule has 2 heterocycles. The molecule has 162 valence electrons. The van der Waals surface area contributed by atoms with Gasteiger partial charge in [0, 0.05) is 4.88 Å². The summed E-state index contributed by atoms with van der Waals surface area (Å²) in [4.78, 5) is 38.1. The van der Waals surface area contributed by atoms with E-state index in [0.29, 0.717) is 27.6 Å². The summed E-state index contributed by atoms with van der Waals surface area (Å²) in [6.45, 7) is 2.11. The van der Waals surface area contributed by atoms with E-state index < -0.39 is 17.8 Å². The van der Waals surface area contributed by atoms with Crippen LogP contribution in [0.15, 0.2) is 23.3 Å². The molecular formula is C21H21N3O6S. The minimum absolute atomic E-state index is 0.159. The van der Waals surface area contributed by atoms with Gasteiger partial charge in [0.1, 0.15) is 5.00 Å². The Bertz CT molecular complexity index is 1060. The van der Waals surface area contributed by atoms with Gasteiger partial charge >= 0.3 is 17.8 Å². The number of carbonyl (C=O) groups is 3. The van der Waals surface area contributed by atoms with Gasteiger partial charge < -0.3 is 19.5 Å². The van der Waals surface area contributed by atoms with E-state index in [1.165, 1.54) is 17.6 Å². The van der Waals surface area contributed by atoms with Gasteiger partial charge in [0.15, 0.2) is 11.5 Å². The Labute approximate surface area is 182 Å². The third-order valence-electron chi connectivity index (χ3n) is 4.86. The van der Waals surface area contributed by atoms with Crippen LogP contribution in [-0.4, -0.2) is 37.4 Å². The Morgan fingerprint density at radius 1 is 1.16 bits per heavy atom. The average Bonchev–Trinajstić information content (AvgIpc) is 3.37. The predicted molar refractivity (Wildman–Crippen MR) is 114 cm³/mol. The molecule has 0 atom stereocenters. The topological polar surface area (TPSA) is 115 Å². The molecule has 0 radical (unpaired) electrons. The number of aryl methyl sites for hydroxylation is 1. The van der Waals surface area contributed by atoms with Gasteiger partial charge in [0.05, 0.1) is 18.4 Å². The lowest BCUT2D eigenvalue weighted by Gasteiger charge is -2.12. The maximum Gasteiger partial charge on any atom is 0.341 e. The van der Waals surface area contributed by atoms with Crippen LogP contribution in [-0.2, 0) is 27.2 Å². The normalized spacial score (nSPS) is 14.2. The summed E-state index contributed by atoms with van der Waals surface area (Å²) in [5, 5.41) is 6.70. The lowest BCUT2D eigenvalue weighted by atomic mass is 9.95. The number of hydrogen-bond donors (Lipinski definition) is 2. The first-order chi connectivity index (χ1) is 15.1. The summed E-state index contributed by atoms with van der Waals surface area (Å²) in [6, 6.07) is 5.18. The van der Waals surface area contributed by atoms with E-state index in [0.717, 1.165) is 36.1 Å². The first kappa shape index (κ1) is 20.9. The smallest absolute Gasteiger partial charge is 0.341 e. The predicted octanol–water partition coefficient (Wildman–Crippen LogP) is 2.62. The van der Waals surface area contributed by atoms with Gasteiger partial charge in [-0.05, 0) is 61.9 Å². The highest BCUT2D eigenvalue weighted by molar-refractivity contribution is 7.17. The first-order valence-electron chi connectivity index (χ1n) is 9.92. The number of esters is 1. The van der Waals surface area contributed by atoms with Gasteiger partial charge in [-0.25, -0.2) is 10.2 Å². The van der Waals surface area contributed by atoms with Crippen molar-refractivity contribution >= 4 is 40.3 Å². The molecule has 1 aromatic heterocycles. The van der Waals surface area contributed by atoms with E-state index in [-0.39, 0.29) is 13.4 Å². The number of thiophene rings is 1. The van der Waals surface area contributed by atoms with Crippen LogP contribution >= 0.6 is 11.3 Å². The minimum Gasteiger partial charge on any atom is -0.462 e. The molecule has 2 amide bonds. The number of ether oxygens (including phenoxy) is 3. The second-order valence-electron chi connectivity index (χ2n) is 6.90. The molecule has 4 rings (SSSR count). The zero-order valence-electron chi connectivity index (χ0n) is 16.9. The Morgan fingerprint density at radius 3 is 2.81 bits per heavy atom. The number of fused-ring (bicyclic) bond motifs is 2. The van der Waals surface area contributed by atoms with E-state index in [4.69, 9.17) is 14.2 Å². The Hall–Kier alpha value is -3.40. The lowest BCUT2D eigenvalue weighted by Crippen LogP contribution is -2.32. The van der Waals surface area contributed by atoms with Crippen LogP contribution in [0.5, 0.6) is 11.5 Å². The number of nitrogens with one attached hydrogen (secondary N) is 2. The monoisotopic (exact) mass is 443 g/mol. The third kappa shape index (κ3) is 4.53. The van der Waals surface area contributed by atoms with E-state index in [9.17, 15) is 14.4 Å². The molecule has 2 aromatic rings. The summed E-state index contributed by atoms with van der Waals surface area (Å²) in [6.07, 6.45) is 4.98. The summed E-state index contributed by atoms with van der Waals surface area (Å²) >= 11 is 1.32. The fraction of sp³-hybridized carbons (Fsp3) is 0.333. The number of nitrogens with zero attached hydrogens (tertiary/aromatic N) is 1. The zero-order chi connectivity index (χ0) is 21.8. The third-order valence-corrected chi connectivity index (χ3v) is 6.07. The number of hydrogen-bond acceptors (Lipinski definition) is 8. The number of carbonyl (C=O) groups excluding carboxylic acids is 3. The molecule has 1 aliphatic carbocycles. The first-order valence-corrected chi connectivity index (χ1v) is 10.7. The molecule has 0 bridgehead atoms. The van der Waals surface area contributed by atoms with Crippen molar-refractivity contribution in [3.05, 3.63) is 39.8 Å². The summed E-state index contributed by atoms with van der Waals surface area (Å²) in [5.74, 6) is -1.12. The van der Waals surface area contributed by atoms with Crippen LogP contribution in [0.3, 0.4) is 0 Å². The van der Waals surface area contributed by atoms with Crippen molar-refractivity contribution in [3.63, 3.8) is 0 Å². The summed E-state index contributed by atoms with van der Waals surface area (Å²) < 4.78 is 15.7. The molecule has 2 aliphatic rings. The van der Waals surface area contributed by atoms with Gasteiger partial charge in [0.2, 0.25) is 6.79 Å². The van der Waals surface area contributed by atoms with Crippen LogP contribution in [0.25, 0.3) is 0 Å². The maximum absolute atomic E-state index is 12.4. The van der Waals surface area contributed by atoms with Crippen molar-refractivity contribution in [2.45, 2.75) is 32.6 Å². The molecule has 2 N–H and O–H groups in total. The number of amides is 2. The highest BCUT2D eigenvalue weighted by Gasteiger charge is 2.28. The van der Waals surface area contributed by atoms with Gasteiger partial charge in [-0.2, -0.15) is 5.10 Å². The van der Waals surface area contributed by atoms with E-state index in [2.05, 4.69) is 15.8 Å². The van der Waals surface area contributed by atoms with Crippen molar-refractivity contribution in [1.29, 1.82) is 0 Å². The number of anilines is 1. The quantitative estimate of drug-likeness (QED) is 0.318. The Morgan fingerprint density at radius 2 is 1.97 bits per heavy atom. The van der Waals surface area contributed by atoms with Crippen molar-refractivity contribution < 1.29 is 28.6 Å². The molecule has 0 spiro atoms. The Kier molecular flexibility index (Phi) is 6.17. The summed E-state index contributed by atoms with van der Waals surface area (Å²) in [7, 11) is 0. The van der Waals surface area contributed by atoms with Crippen LogP contribution < -0.4 is 20.2 Å². The van der Waals surface area contributed by atoms with Crippen LogP contribution in [0, 0.1) is 0 Å². The highest BCUT2D eigenvalue weighted by Crippen LogP contribution is 2.38. The van der Waals surface area contributed by atoms with E-state index in [1.54, 1.807) is 25.1 Å². The van der Waals surface area contributed by atoms with Gasteiger partial charge in [-0.15, -0.1) is 11.3 Å². The fourth-order valence-electron chi connectivity index (χ4n) is 3.44. The number of rotatable bonds is 5. The van der Waals surface area contributed by atoms with Crippen molar-refractivity contribution in [2.75, 3.05) is 18.7 Å². The minimum atomic E-state index is -0.946. The van der Waals surface area contributed by atoms with Gasteiger partial charge in [-0.3, -0.25) is 9.59 Å². The number of benzene rings is 1. The van der Waals surface area contributed by atoms with Crippen molar-refractivity contribution in [3.8, 4) is 11.5 Å². The molecule has 0 saturated carbocycles. The second-order valence-corrected chi connectivity index (χ2v) is 8.01. The van der Waals surface area contributed by atoms with E-state index >= 15 is 0 Å². The van der Waals surface area contributed by atoms with Crippen molar-refractivity contribution in [2.24, 2.45) is 5.10 Å². The molecule has 0 saturated heterocycles. The fourth-order valence-corrected chi connectivity index (χ4v) is 4.72. The number of hydrazone groups is 1. The largest absolute Gasteiger partial charge is 0.462 e. The maximum atomic E-state index is 12.4. The molecule has 0 fully saturated rings. The van der Waals surface area contributed by atoms with Gasteiger partial charge in [-0.1, -0.05) is 0 Å². The molecule has 31 heavy (non-hydrogen) atoms. The summed E-state index contributed by atoms with van der Waals surface area (Å²) in [5.41, 5.74) is 4.12. The van der Waals surface area contributed by atoms with Crippen LogP contribution in [0.1, 0.15) is 46.1 Å². The molecule has 1 aliphatic heterocycles. The second kappa shape index (κ2) is 9.17.